The minimum absolute atomic E-state index is 0.0989. The van der Waals surface area contributed by atoms with E-state index in [0.717, 1.165) is 16.9 Å². The van der Waals surface area contributed by atoms with Crippen LogP contribution in [0.15, 0.2) is 11.6 Å². The van der Waals surface area contributed by atoms with Crippen LogP contribution < -0.4 is 0 Å². The third-order valence-electron chi connectivity index (χ3n) is 2.55. The molecule has 0 radical (unpaired) electrons. The zero-order valence-corrected chi connectivity index (χ0v) is 12.3. The van der Waals surface area contributed by atoms with Gasteiger partial charge in [-0.2, -0.15) is 0 Å². The van der Waals surface area contributed by atoms with Gasteiger partial charge >= 0.3 is 5.97 Å². The standard InChI is InChI=1S/C13H13F2N3O2S/c1-3-20-13(19)8-5-16-9(18-11(8)12(14)15)4-10-17-7(2)6-21-10/h5-6,12H,3-4H2,1-2H3. The van der Waals surface area contributed by atoms with Crippen LogP contribution in [-0.4, -0.2) is 27.5 Å². The smallest absolute Gasteiger partial charge is 0.341 e. The van der Waals surface area contributed by atoms with Crippen molar-refractivity contribution in [3.63, 3.8) is 0 Å². The molecule has 112 valence electrons. The lowest BCUT2D eigenvalue weighted by Crippen LogP contribution is -2.13. The van der Waals surface area contributed by atoms with Crippen LogP contribution in [0.4, 0.5) is 8.78 Å². The van der Waals surface area contributed by atoms with Crippen LogP contribution in [0.1, 0.15) is 45.9 Å². The van der Waals surface area contributed by atoms with Crippen molar-refractivity contribution in [2.45, 2.75) is 26.7 Å². The van der Waals surface area contributed by atoms with Gasteiger partial charge in [0.25, 0.3) is 6.43 Å². The molecule has 2 heterocycles. The number of hydrogen-bond acceptors (Lipinski definition) is 6. The van der Waals surface area contributed by atoms with Crippen molar-refractivity contribution in [3.8, 4) is 0 Å². The summed E-state index contributed by atoms with van der Waals surface area (Å²) >= 11 is 1.41. The Bertz CT molecular complexity index is 646. The molecule has 0 saturated carbocycles. The summed E-state index contributed by atoms with van der Waals surface area (Å²) in [6.07, 6.45) is -1.53. The largest absolute Gasteiger partial charge is 0.462 e. The average Bonchev–Trinajstić information content (AvgIpc) is 2.84. The third-order valence-corrected chi connectivity index (χ3v) is 3.51. The van der Waals surface area contributed by atoms with E-state index in [9.17, 15) is 13.6 Å². The second-order valence-corrected chi connectivity index (χ2v) is 5.11. The van der Waals surface area contributed by atoms with Crippen molar-refractivity contribution in [2.24, 2.45) is 0 Å². The number of aromatic nitrogens is 3. The van der Waals surface area contributed by atoms with E-state index >= 15 is 0 Å². The van der Waals surface area contributed by atoms with Crippen LogP contribution >= 0.6 is 11.3 Å². The molecule has 0 aromatic carbocycles. The van der Waals surface area contributed by atoms with Crippen LogP contribution in [0.2, 0.25) is 0 Å². The van der Waals surface area contributed by atoms with Crippen molar-refractivity contribution in [1.29, 1.82) is 0 Å². The summed E-state index contributed by atoms with van der Waals surface area (Å²) in [5.74, 6) is -0.642. The SMILES string of the molecule is CCOC(=O)c1cnc(Cc2nc(C)cs2)nc1C(F)F. The van der Waals surface area contributed by atoms with Gasteiger partial charge in [0.1, 0.15) is 22.1 Å². The Labute approximate surface area is 124 Å². The second-order valence-electron chi connectivity index (χ2n) is 4.17. The predicted octanol–water partition coefficient (Wildman–Crippen LogP) is 2.95. The number of carbonyl (C=O) groups is 1. The van der Waals surface area contributed by atoms with Crippen LogP contribution in [0.5, 0.6) is 0 Å². The number of rotatable bonds is 5. The number of alkyl halides is 2. The van der Waals surface area contributed by atoms with Gasteiger partial charge in [0.05, 0.1) is 13.0 Å². The van der Waals surface area contributed by atoms with Crippen molar-refractivity contribution in [1.82, 2.24) is 15.0 Å². The molecule has 0 atom stereocenters. The van der Waals surface area contributed by atoms with E-state index in [1.165, 1.54) is 11.3 Å². The van der Waals surface area contributed by atoms with Crippen LogP contribution in [0, 0.1) is 6.92 Å². The maximum absolute atomic E-state index is 13.0. The predicted molar refractivity (Wildman–Crippen MR) is 72.6 cm³/mol. The quantitative estimate of drug-likeness (QED) is 0.794. The molecule has 2 rings (SSSR count). The van der Waals surface area contributed by atoms with Gasteiger partial charge in [-0.05, 0) is 13.8 Å². The van der Waals surface area contributed by atoms with Crippen LogP contribution in [0.3, 0.4) is 0 Å². The zero-order valence-electron chi connectivity index (χ0n) is 11.5. The van der Waals surface area contributed by atoms with Gasteiger partial charge in [-0.3, -0.25) is 0 Å². The lowest BCUT2D eigenvalue weighted by atomic mass is 10.2. The molecular formula is C13H13F2N3O2S. The summed E-state index contributed by atoms with van der Waals surface area (Å²) in [5, 5.41) is 2.59. The van der Waals surface area contributed by atoms with E-state index in [1.54, 1.807) is 6.92 Å². The van der Waals surface area contributed by atoms with Gasteiger partial charge in [-0.15, -0.1) is 11.3 Å². The monoisotopic (exact) mass is 313 g/mol. The molecule has 8 heteroatoms. The number of hydrogen-bond donors (Lipinski definition) is 0. The van der Waals surface area contributed by atoms with E-state index < -0.39 is 18.1 Å². The number of nitrogens with zero attached hydrogens (tertiary/aromatic N) is 3. The molecule has 0 bridgehead atoms. The Hall–Kier alpha value is -1.96. The summed E-state index contributed by atoms with van der Waals surface area (Å²) in [6, 6.07) is 0. The van der Waals surface area contributed by atoms with Gasteiger partial charge in [0.15, 0.2) is 0 Å². The molecule has 0 aliphatic carbocycles. The van der Waals surface area contributed by atoms with Gasteiger partial charge < -0.3 is 4.74 Å². The first kappa shape index (κ1) is 15.4. The highest BCUT2D eigenvalue weighted by Crippen LogP contribution is 2.22. The lowest BCUT2D eigenvalue weighted by molar-refractivity contribution is 0.0512. The molecule has 2 aromatic rings. The first-order valence-corrected chi connectivity index (χ1v) is 7.11. The number of thiazole rings is 1. The number of carbonyl (C=O) groups excluding carboxylic acids is 1. The maximum Gasteiger partial charge on any atom is 0.341 e. The van der Waals surface area contributed by atoms with Gasteiger partial charge in [-0.1, -0.05) is 0 Å². The fraction of sp³-hybridized carbons (Fsp3) is 0.385. The summed E-state index contributed by atoms with van der Waals surface area (Å²) in [5.41, 5.74) is -0.0510. The fourth-order valence-electron chi connectivity index (χ4n) is 1.67. The topological polar surface area (TPSA) is 65.0 Å². The molecule has 0 unspecified atom stereocenters. The second kappa shape index (κ2) is 6.66. The van der Waals surface area contributed by atoms with Crippen molar-refractivity contribution >= 4 is 17.3 Å². The molecule has 0 amide bonds. The average molecular weight is 313 g/mol. The van der Waals surface area contributed by atoms with Gasteiger partial charge in [0, 0.05) is 17.3 Å². The van der Waals surface area contributed by atoms with E-state index in [4.69, 9.17) is 4.74 Å². The molecule has 0 aliphatic heterocycles. The summed E-state index contributed by atoms with van der Waals surface area (Å²) in [7, 11) is 0. The zero-order chi connectivity index (χ0) is 15.4. The Morgan fingerprint density at radius 2 is 2.19 bits per heavy atom. The number of ether oxygens (including phenoxy) is 1. The molecule has 0 N–H and O–H groups in total. The Balaban J connectivity index is 2.29. The Morgan fingerprint density at radius 3 is 2.76 bits per heavy atom. The molecule has 0 fully saturated rings. The summed E-state index contributed by atoms with van der Waals surface area (Å²) in [4.78, 5) is 23.6. The third kappa shape index (κ3) is 3.78. The van der Waals surface area contributed by atoms with Gasteiger partial charge in [-0.25, -0.2) is 28.5 Å². The van der Waals surface area contributed by atoms with E-state index in [2.05, 4.69) is 15.0 Å². The van der Waals surface area contributed by atoms with Gasteiger partial charge in [0.2, 0.25) is 0 Å². The van der Waals surface area contributed by atoms with Crippen molar-refractivity contribution in [3.05, 3.63) is 39.4 Å². The summed E-state index contributed by atoms with van der Waals surface area (Å²) < 4.78 is 30.8. The van der Waals surface area contributed by atoms with Crippen molar-refractivity contribution < 1.29 is 18.3 Å². The maximum atomic E-state index is 13.0. The van der Waals surface area contributed by atoms with Crippen molar-refractivity contribution in [2.75, 3.05) is 6.61 Å². The Morgan fingerprint density at radius 1 is 1.43 bits per heavy atom. The van der Waals surface area contributed by atoms with Crippen LogP contribution in [0.25, 0.3) is 0 Å². The summed E-state index contributed by atoms with van der Waals surface area (Å²) in [6.45, 7) is 3.54. The molecule has 0 spiro atoms. The molecule has 0 saturated heterocycles. The normalized spacial score (nSPS) is 10.9. The number of esters is 1. The highest BCUT2D eigenvalue weighted by Gasteiger charge is 2.22. The minimum Gasteiger partial charge on any atom is -0.462 e. The Kier molecular flexibility index (Phi) is 4.89. The molecular weight excluding hydrogens is 300 g/mol. The van der Waals surface area contributed by atoms with E-state index in [1.807, 2.05) is 12.3 Å². The first-order valence-electron chi connectivity index (χ1n) is 6.23. The molecule has 0 aliphatic rings. The fourth-order valence-corrected chi connectivity index (χ4v) is 2.44. The van der Waals surface area contributed by atoms with E-state index in [-0.39, 0.29) is 24.4 Å². The van der Waals surface area contributed by atoms with E-state index in [0.29, 0.717) is 0 Å². The first-order chi connectivity index (χ1) is 10.0. The highest BCUT2D eigenvalue weighted by atomic mass is 32.1. The highest BCUT2D eigenvalue weighted by molar-refractivity contribution is 7.09. The minimum atomic E-state index is -2.87. The van der Waals surface area contributed by atoms with Crippen LogP contribution in [-0.2, 0) is 11.2 Å². The lowest BCUT2D eigenvalue weighted by Gasteiger charge is -2.08. The number of aryl methyl sites for hydroxylation is 1. The number of halogens is 2. The molecule has 5 nitrogen and oxygen atoms in total. The molecule has 21 heavy (non-hydrogen) atoms. The molecule has 2 aromatic heterocycles.